The number of sulfone groups is 1. The minimum absolute atomic E-state index is 0.203. The molecule has 4 nitrogen and oxygen atoms in total. The first-order chi connectivity index (χ1) is 8.91. The summed E-state index contributed by atoms with van der Waals surface area (Å²) in [6.45, 7) is 1.59. The van der Waals surface area contributed by atoms with Crippen LogP contribution in [0.5, 0.6) is 0 Å². The number of hydrogen-bond donors (Lipinski definition) is 1. The third kappa shape index (κ3) is 3.03. The zero-order chi connectivity index (χ0) is 14.0. The molecule has 0 atom stereocenters. The molecule has 0 aromatic heterocycles. The summed E-state index contributed by atoms with van der Waals surface area (Å²) in [6.07, 6.45) is 1.74. The van der Waals surface area contributed by atoms with Crippen LogP contribution in [0.4, 0.5) is 14.5 Å². The zero-order valence-electron chi connectivity index (χ0n) is 10.3. The SMILES string of the molecule is NC1CCN(c2ccc(S(=O)(=O)C(F)F)cc2)CC1. The second-order valence-electron chi connectivity index (χ2n) is 4.62. The molecule has 0 amide bonds. The third-order valence-electron chi connectivity index (χ3n) is 3.30. The summed E-state index contributed by atoms with van der Waals surface area (Å²) >= 11 is 0. The average molecular weight is 290 g/mol. The quantitative estimate of drug-likeness (QED) is 0.918. The van der Waals surface area contributed by atoms with Crippen LogP contribution in [0.1, 0.15) is 12.8 Å². The number of nitrogens with two attached hydrogens (primary N) is 1. The summed E-state index contributed by atoms with van der Waals surface area (Å²) in [5, 5.41) is 0. The topological polar surface area (TPSA) is 63.4 Å². The maximum atomic E-state index is 12.4. The molecule has 106 valence electrons. The summed E-state index contributed by atoms with van der Waals surface area (Å²) < 4.78 is 47.3. The Hall–Kier alpha value is -1.21. The van der Waals surface area contributed by atoms with Crippen LogP contribution >= 0.6 is 0 Å². The Morgan fingerprint density at radius 1 is 1.16 bits per heavy atom. The lowest BCUT2D eigenvalue weighted by Crippen LogP contribution is -2.39. The number of alkyl halides is 2. The standard InChI is InChI=1S/C12H16F2N2O2S/c13-12(14)19(17,18)11-3-1-10(2-4-11)16-7-5-9(15)6-8-16/h1-4,9,12H,5-8,15H2. The number of benzene rings is 1. The van der Waals surface area contributed by atoms with E-state index in [4.69, 9.17) is 5.73 Å². The van der Waals surface area contributed by atoms with Gasteiger partial charge >= 0.3 is 5.76 Å². The Morgan fingerprint density at radius 3 is 2.16 bits per heavy atom. The van der Waals surface area contributed by atoms with Crippen molar-refractivity contribution >= 4 is 15.5 Å². The molecular weight excluding hydrogens is 274 g/mol. The predicted octanol–water partition coefficient (Wildman–Crippen LogP) is 1.61. The van der Waals surface area contributed by atoms with Gasteiger partial charge in [-0.25, -0.2) is 8.42 Å². The summed E-state index contributed by atoms with van der Waals surface area (Å²) in [5.74, 6) is -3.38. The Kier molecular flexibility index (Phi) is 4.05. The fourth-order valence-corrected chi connectivity index (χ4v) is 2.83. The first-order valence-electron chi connectivity index (χ1n) is 6.04. The van der Waals surface area contributed by atoms with Gasteiger partial charge < -0.3 is 10.6 Å². The highest BCUT2D eigenvalue weighted by atomic mass is 32.2. The fraction of sp³-hybridized carbons (Fsp3) is 0.500. The normalized spacial score (nSPS) is 18.0. The summed E-state index contributed by atoms with van der Waals surface area (Å²) in [6, 6.07) is 5.78. The number of hydrogen-bond acceptors (Lipinski definition) is 4. The second kappa shape index (κ2) is 5.42. The first kappa shape index (κ1) is 14.2. The van der Waals surface area contributed by atoms with Gasteiger partial charge in [0, 0.05) is 24.8 Å². The summed E-state index contributed by atoms with van der Waals surface area (Å²) in [4.78, 5) is 1.72. The minimum atomic E-state index is -4.51. The Labute approximate surface area is 111 Å². The van der Waals surface area contributed by atoms with E-state index in [0.29, 0.717) is 0 Å². The lowest BCUT2D eigenvalue weighted by atomic mass is 10.1. The number of halogens is 2. The number of piperidine rings is 1. The molecule has 1 aliphatic heterocycles. The second-order valence-corrected chi connectivity index (χ2v) is 6.54. The van der Waals surface area contributed by atoms with Gasteiger partial charge in [0.2, 0.25) is 9.84 Å². The zero-order valence-corrected chi connectivity index (χ0v) is 11.1. The maximum Gasteiger partial charge on any atom is 0.341 e. The molecule has 0 aliphatic carbocycles. The molecular formula is C12H16F2N2O2S. The van der Waals surface area contributed by atoms with Gasteiger partial charge in [0.1, 0.15) is 0 Å². The largest absolute Gasteiger partial charge is 0.371 e. The molecule has 1 fully saturated rings. The van der Waals surface area contributed by atoms with E-state index in [1.54, 1.807) is 12.1 Å². The molecule has 1 heterocycles. The van der Waals surface area contributed by atoms with Crippen LogP contribution in [-0.4, -0.2) is 33.3 Å². The third-order valence-corrected chi connectivity index (χ3v) is 4.70. The predicted molar refractivity (Wildman–Crippen MR) is 69.1 cm³/mol. The molecule has 0 spiro atoms. The van der Waals surface area contributed by atoms with Crippen LogP contribution in [0.15, 0.2) is 29.2 Å². The van der Waals surface area contributed by atoms with E-state index in [1.807, 2.05) is 0 Å². The van der Waals surface area contributed by atoms with Crippen molar-refractivity contribution in [2.75, 3.05) is 18.0 Å². The van der Waals surface area contributed by atoms with Gasteiger partial charge in [-0.1, -0.05) is 0 Å². The monoisotopic (exact) mass is 290 g/mol. The molecule has 0 unspecified atom stereocenters. The van der Waals surface area contributed by atoms with Crippen molar-refractivity contribution in [1.82, 2.24) is 0 Å². The fourth-order valence-electron chi connectivity index (χ4n) is 2.11. The van der Waals surface area contributed by atoms with Crippen LogP contribution < -0.4 is 10.6 Å². The smallest absolute Gasteiger partial charge is 0.341 e. The van der Waals surface area contributed by atoms with Gasteiger partial charge in [0.05, 0.1) is 4.90 Å². The van der Waals surface area contributed by atoms with Crippen molar-refractivity contribution < 1.29 is 17.2 Å². The molecule has 1 aromatic rings. The van der Waals surface area contributed by atoms with Gasteiger partial charge in [0.25, 0.3) is 0 Å². The number of rotatable bonds is 3. The lowest BCUT2D eigenvalue weighted by molar-refractivity contribution is 0.234. The van der Waals surface area contributed by atoms with E-state index in [1.165, 1.54) is 12.1 Å². The van der Waals surface area contributed by atoms with E-state index in [-0.39, 0.29) is 10.9 Å². The molecule has 19 heavy (non-hydrogen) atoms. The molecule has 0 saturated carbocycles. The number of anilines is 1. The highest BCUT2D eigenvalue weighted by Gasteiger charge is 2.26. The highest BCUT2D eigenvalue weighted by Crippen LogP contribution is 2.24. The molecule has 2 N–H and O–H groups in total. The van der Waals surface area contributed by atoms with Gasteiger partial charge in [-0.05, 0) is 37.1 Å². The van der Waals surface area contributed by atoms with Crippen molar-refractivity contribution in [1.29, 1.82) is 0 Å². The Balaban J connectivity index is 2.15. The van der Waals surface area contributed by atoms with Crippen molar-refractivity contribution in [2.24, 2.45) is 5.73 Å². The van der Waals surface area contributed by atoms with Crippen molar-refractivity contribution in [3.8, 4) is 0 Å². The van der Waals surface area contributed by atoms with Crippen molar-refractivity contribution in [3.05, 3.63) is 24.3 Å². The molecule has 1 aliphatic rings. The maximum absolute atomic E-state index is 12.4. The van der Waals surface area contributed by atoms with E-state index >= 15 is 0 Å². The Morgan fingerprint density at radius 2 is 1.68 bits per heavy atom. The summed E-state index contributed by atoms with van der Waals surface area (Å²) in [7, 11) is -4.51. The summed E-state index contributed by atoms with van der Waals surface area (Å²) in [5.41, 5.74) is 6.63. The van der Waals surface area contributed by atoms with Gasteiger partial charge in [-0.3, -0.25) is 0 Å². The molecule has 0 radical (unpaired) electrons. The van der Waals surface area contributed by atoms with Crippen molar-refractivity contribution in [2.45, 2.75) is 29.5 Å². The molecule has 1 saturated heterocycles. The van der Waals surface area contributed by atoms with Crippen LogP contribution in [0.25, 0.3) is 0 Å². The first-order valence-corrected chi connectivity index (χ1v) is 7.58. The number of nitrogens with zero attached hydrogens (tertiary/aromatic N) is 1. The van der Waals surface area contributed by atoms with E-state index in [0.717, 1.165) is 31.6 Å². The van der Waals surface area contributed by atoms with E-state index < -0.39 is 15.6 Å². The van der Waals surface area contributed by atoms with E-state index in [2.05, 4.69) is 4.90 Å². The van der Waals surface area contributed by atoms with Crippen LogP contribution in [0.2, 0.25) is 0 Å². The van der Waals surface area contributed by atoms with Crippen molar-refractivity contribution in [3.63, 3.8) is 0 Å². The van der Waals surface area contributed by atoms with Crippen LogP contribution in [0.3, 0.4) is 0 Å². The lowest BCUT2D eigenvalue weighted by Gasteiger charge is -2.32. The molecule has 0 bridgehead atoms. The molecule has 1 aromatic carbocycles. The minimum Gasteiger partial charge on any atom is -0.371 e. The molecule has 7 heteroatoms. The van der Waals surface area contributed by atoms with Gasteiger partial charge in [0.15, 0.2) is 0 Å². The average Bonchev–Trinajstić information content (AvgIpc) is 2.39. The highest BCUT2D eigenvalue weighted by molar-refractivity contribution is 7.91. The Bertz CT molecular complexity index is 523. The van der Waals surface area contributed by atoms with Gasteiger partial charge in [-0.2, -0.15) is 8.78 Å². The van der Waals surface area contributed by atoms with Crippen LogP contribution in [-0.2, 0) is 9.84 Å². The van der Waals surface area contributed by atoms with E-state index in [9.17, 15) is 17.2 Å². The van der Waals surface area contributed by atoms with Gasteiger partial charge in [-0.15, -0.1) is 0 Å². The van der Waals surface area contributed by atoms with Crippen LogP contribution in [0, 0.1) is 0 Å². The molecule has 2 rings (SSSR count).